The molecule has 78 valence electrons. The number of hydrogen-bond donors (Lipinski definition) is 2. The Labute approximate surface area is 85.8 Å². The quantitative estimate of drug-likeness (QED) is 0.769. The molecular weight excluding hydrogens is 174 g/mol. The van der Waals surface area contributed by atoms with Gasteiger partial charge in [0.1, 0.15) is 5.60 Å². The van der Waals surface area contributed by atoms with E-state index in [-0.39, 0.29) is 6.54 Å². The molecule has 14 heavy (non-hydrogen) atoms. The topological polar surface area (TPSA) is 46.2 Å². The highest BCUT2D eigenvalue weighted by atomic mass is 16.3. The van der Waals surface area contributed by atoms with Crippen molar-refractivity contribution in [2.75, 3.05) is 6.54 Å². The van der Waals surface area contributed by atoms with Gasteiger partial charge in [0.25, 0.3) is 0 Å². The van der Waals surface area contributed by atoms with Crippen molar-refractivity contribution in [3.63, 3.8) is 0 Å². The zero-order chi connectivity index (χ0) is 10.8. The highest BCUT2D eigenvalue weighted by molar-refractivity contribution is 5.34. The predicted octanol–water partition coefficient (Wildman–Crippen LogP) is 1.86. The Hall–Kier alpha value is -0.860. The Balaban J connectivity index is 3.17. The first-order valence-electron chi connectivity index (χ1n) is 5.03. The van der Waals surface area contributed by atoms with E-state index in [0.717, 1.165) is 11.1 Å². The van der Waals surface area contributed by atoms with Gasteiger partial charge in [-0.2, -0.15) is 0 Å². The van der Waals surface area contributed by atoms with E-state index in [4.69, 9.17) is 5.73 Å². The van der Waals surface area contributed by atoms with Crippen LogP contribution in [-0.2, 0) is 5.60 Å². The fourth-order valence-electron chi connectivity index (χ4n) is 1.78. The fourth-order valence-corrected chi connectivity index (χ4v) is 1.78. The van der Waals surface area contributed by atoms with Crippen molar-refractivity contribution in [2.24, 2.45) is 5.73 Å². The van der Waals surface area contributed by atoms with Crippen molar-refractivity contribution in [2.45, 2.75) is 32.8 Å². The lowest BCUT2D eigenvalue weighted by atomic mass is 9.87. The third kappa shape index (κ3) is 1.97. The number of aliphatic hydroxyl groups is 1. The molecule has 0 fully saturated rings. The van der Waals surface area contributed by atoms with Gasteiger partial charge in [-0.25, -0.2) is 0 Å². The zero-order valence-electron chi connectivity index (χ0n) is 9.17. The summed E-state index contributed by atoms with van der Waals surface area (Å²) in [6, 6.07) is 6.06. The highest BCUT2D eigenvalue weighted by Gasteiger charge is 2.26. The molecule has 2 heteroatoms. The van der Waals surface area contributed by atoms with Crippen molar-refractivity contribution in [3.8, 4) is 0 Å². The standard InChI is InChI=1S/C12H19NO/c1-4-12(14,8-13)11-6-5-9(2)7-10(11)3/h5-7,14H,4,8,13H2,1-3H3. The number of benzene rings is 1. The largest absolute Gasteiger partial charge is 0.384 e. The Morgan fingerprint density at radius 1 is 1.36 bits per heavy atom. The summed E-state index contributed by atoms with van der Waals surface area (Å²) in [5.74, 6) is 0. The molecule has 0 spiro atoms. The first kappa shape index (κ1) is 11.2. The van der Waals surface area contributed by atoms with Crippen LogP contribution in [0, 0.1) is 13.8 Å². The van der Waals surface area contributed by atoms with Gasteiger partial charge in [-0.05, 0) is 31.4 Å². The Kier molecular flexibility index (Phi) is 3.29. The SMILES string of the molecule is CCC(O)(CN)c1ccc(C)cc1C. The number of rotatable bonds is 3. The molecular formula is C12H19NO. The van der Waals surface area contributed by atoms with Crippen LogP contribution in [0.3, 0.4) is 0 Å². The van der Waals surface area contributed by atoms with Crippen LogP contribution in [0.5, 0.6) is 0 Å². The summed E-state index contributed by atoms with van der Waals surface area (Å²) in [5.41, 5.74) is 8.02. The number of hydrogen-bond acceptors (Lipinski definition) is 2. The first-order chi connectivity index (χ1) is 6.53. The van der Waals surface area contributed by atoms with Gasteiger partial charge in [0.15, 0.2) is 0 Å². The van der Waals surface area contributed by atoms with Crippen LogP contribution in [0.2, 0.25) is 0 Å². The Bertz CT molecular complexity index is 316. The van der Waals surface area contributed by atoms with E-state index >= 15 is 0 Å². The number of nitrogens with two attached hydrogens (primary N) is 1. The highest BCUT2D eigenvalue weighted by Crippen LogP contribution is 2.27. The lowest BCUT2D eigenvalue weighted by Crippen LogP contribution is -2.34. The smallest absolute Gasteiger partial charge is 0.102 e. The van der Waals surface area contributed by atoms with E-state index in [2.05, 4.69) is 6.07 Å². The van der Waals surface area contributed by atoms with E-state index in [1.54, 1.807) is 0 Å². The maximum atomic E-state index is 10.2. The fraction of sp³-hybridized carbons (Fsp3) is 0.500. The molecule has 1 unspecified atom stereocenters. The minimum Gasteiger partial charge on any atom is -0.384 e. The van der Waals surface area contributed by atoms with E-state index in [1.165, 1.54) is 5.56 Å². The summed E-state index contributed by atoms with van der Waals surface area (Å²) >= 11 is 0. The molecule has 1 atom stereocenters. The van der Waals surface area contributed by atoms with Gasteiger partial charge in [-0.1, -0.05) is 30.7 Å². The summed E-state index contributed by atoms with van der Waals surface area (Å²) in [5, 5.41) is 10.2. The van der Waals surface area contributed by atoms with Crippen LogP contribution in [0.1, 0.15) is 30.0 Å². The van der Waals surface area contributed by atoms with Crippen molar-refractivity contribution in [3.05, 3.63) is 34.9 Å². The van der Waals surface area contributed by atoms with Crippen molar-refractivity contribution in [1.82, 2.24) is 0 Å². The normalized spacial score (nSPS) is 15.2. The molecule has 0 radical (unpaired) electrons. The third-order valence-corrected chi connectivity index (χ3v) is 2.81. The molecule has 0 aromatic heterocycles. The van der Waals surface area contributed by atoms with Gasteiger partial charge >= 0.3 is 0 Å². The molecule has 0 saturated carbocycles. The molecule has 0 aliphatic carbocycles. The molecule has 1 aromatic rings. The van der Waals surface area contributed by atoms with Gasteiger partial charge in [-0.15, -0.1) is 0 Å². The van der Waals surface area contributed by atoms with Crippen LogP contribution < -0.4 is 5.73 Å². The summed E-state index contributed by atoms with van der Waals surface area (Å²) < 4.78 is 0. The molecule has 0 amide bonds. The molecule has 0 bridgehead atoms. The second-order valence-electron chi connectivity index (χ2n) is 3.91. The van der Waals surface area contributed by atoms with Crippen molar-refractivity contribution < 1.29 is 5.11 Å². The Morgan fingerprint density at radius 2 is 2.00 bits per heavy atom. The average molecular weight is 193 g/mol. The summed E-state index contributed by atoms with van der Waals surface area (Å²) in [7, 11) is 0. The van der Waals surface area contributed by atoms with Crippen molar-refractivity contribution >= 4 is 0 Å². The third-order valence-electron chi connectivity index (χ3n) is 2.81. The van der Waals surface area contributed by atoms with Crippen LogP contribution in [0.15, 0.2) is 18.2 Å². The second-order valence-corrected chi connectivity index (χ2v) is 3.91. The first-order valence-corrected chi connectivity index (χ1v) is 5.03. The monoisotopic (exact) mass is 193 g/mol. The van der Waals surface area contributed by atoms with Crippen LogP contribution in [0.25, 0.3) is 0 Å². The number of aryl methyl sites for hydroxylation is 2. The average Bonchev–Trinajstić information content (AvgIpc) is 2.17. The molecule has 0 saturated heterocycles. The van der Waals surface area contributed by atoms with Gasteiger partial charge < -0.3 is 10.8 Å². The summed E-state index contributed by atoms with van der Waals surface area (Å²) in [6.45, 7) is 6.28. The minimum atomic E-state index is -0.863. The predicted molar refractivity (Wildman–Crippen MR) is 59.2 cm³/mol. The molecule has 3 N–H and O–H groups in total. The van der Waals surface area contributed by atoms with Crippen LogP contribution in [0.4, 0.5) is 0 Å². The van der Waals surface area contributed by atoms with E-state index in [9.17, 15) is 5.11 Å². The zero-order valence-corrected chi connectivity index (χ0v) is 9.17. The van der Waals surface area contributed by atoms with Crippen LogP contribution >= 0.6 is 0 Å². The molecule has 2 nitrogen and oxygen atoms in total. The van der Waals surface area contributed by atoms with Gasteiger partial charge in [0.2, 0.25) is 0 Å². The Morgan fingerprint density at radius 3 is 2.43 bits per heavy atom. The molecule has 1 rings (SSSR count). The van der Waals surface area contributed by atoms with E-state index in [0.29, 0.717) is 6.42 Å². The molecule has 0 aliphatic rings. The second kappa shape index (κ2) is 4.11. The maximum absolute atomic E-state index is 10.2. The van der Waals surface area contributed by atoms with Gasteiger partial charge in [0.05, 0.1) is 0 Å². The van der Waals surface area contributed by atoms with Crippen LogP contribution in [-0.4, -0.2) is 11.7 Å². The molecule has 0 heterocycles. The molecule has 1 aromatic carbocycles. The molecule has 0 aliphatic heterocycles. The minimum absolute atomic E-state index is 0.271. The van der Waals surface area contributed by atoms with Crippen molar-refractivity contribution in [1.29, 1.82) is 0 Å². The summed E-state index contributed by atoms with van der Waals surface area (Å²) in [6.07, 6.45) is 0.646. The van der Waals surface area contributed by atoms with E-state index < -0.39 is 5.60 Å². The summed E-state index contributed by atoms with van der Waals surface area (Å²) in [4.78, 5) is 0. The van der Waals surface area contributed by atoms with Gasteiger partial charge in [0, 0.05) is 6.54 Å². The van der Waals surface area contributed by atoms with E-state index in [1.807, 2.05) is 32.9 Å². The van der Waals surface area contributed by atoms with Gasteiger partial charge in [-0.3, -0.25) is 0 Å². The lowest BCUT2D eigenvalue weighted by molar-refractivity contribution is 0.0412. The lowest BCUT2D eigenvalue weighted by Gasteiger charge is -2.27. The maximum Gasteiger partial charge on any atom is 0.102 e.